The van der Waals surface area contributed by atoms with E-state index in [9.17, 15) is 14.9 Å². The highest BCUT2D eigenvalue weighted by Gasteiger charge is 2.20. The van der Waals surface area contributed by atoms with Gasteiger partial charge in [0.15, 0.2) is 0 Å². The van der Waals surface area contributed by atoms with Crippen molar-refractivity contribution in [3.05, 3.63) is 112 Å². The second-order valence-corrected chi connectivity index (χ2v) is 8.51. The standard InChI is InChI=1S/C28H18ClFN6/c29-25-13-21(30)11-10-18(25)16-35-17-20(23-8-4-5-9-26(23)35)12-19(14-31)27-24(15-32)28(33)36(34-27)22-6-2-1-3-7-22/h1-13,17H,16,33H2/b19-12+. The van der Waals surface area contributed by atoms with Gasteiger partial charge in [-0.2, -0.15) is 15.6 Å². The molecule has 0 radical (unpaired) electrons. The van der Waals surface area contributed by atoms with Crippen LogP contribution >= 0.6 is 11.6 Å². The molecule has 0 fully saturated rings. The molecule has 0 spiro atoms. The molecule has 8 heteroatoms. The Morgan fingerprint density at radius 1 is 1.06 bits per heavy atom. The number of anilines is 1. The van der Waals surface area contributed by atoms with Crippen molar-refractivity contribution in [3.8, 4) is 17.8 Å². The van der Waals surface area contributed by atoms with Crippen LogP contribution in [0.1, 0.15) is 22.4 Å². The second-order valence-electron chi connectivity index (χ2n) is 8.10. The van der Waals surface area contributed by atoms with Crippen molar-refractivity contribution in [3.63, 3.8) is 0 Å². The Kier molecular flexibility index (Phi) is 6.00. The van der Waals surface area contributed by atoms with Gasteiger partial charge in [0.2, 0.25) is 0 Å². The van der Waals surface area contributed by atoms with Gasteiger partial charge in [0, 0.05) is 34.2 Å². The zero-order valence-corrected chi connectivity index (χ0v) is 19.6. The fraction of sp³-hybridized carbons (Fsp3) is 0.0357. The first kappa shape index (κ1) is 22.9. The van der Waals surface area contributed by atoms with Crippen molar-refractivity contribution in [1.82, 2.24) is 14.3 Å². The normalized spacial score (nSPS) is 11.4. The molecule has 0 bridgehead atoms. The van der Waals surface area contributed by atoms with E-state index in [-0.39, 0.29) is 22.6 Å². The molecular weight excluding hydrogens is 475 g/mol. The van der Waals surface area contributed by atoms with Crippen molar-refractivity contribution >= 4 is 40.0 Å². The zero-order valence-electron chi connectivity index (χ0n) is 18.9. The number of hydrogen-bond acceptors (Lipinski definition) is 4. The quantitative estimate of drug-likeness (QED) is 0.296. The summed E-state index contributed by atoms with van der Waals surface area (Å²) in [6.07, 6.45) is 3.59. The van der Waals surface area contributed by atoms with Gasteiger partial charge in [-0.15, -0.1) is 0 Å². The highest BCUT2D eigenvalue weighted by molar-refractivity contribution is 6.31. The zero-order chi connectivity index (χ0) is 25.2. The summed E-state index contributed by atoms with van der Waals surface area (Å²) in [4.78, 5) is 0. The summed E-state index contributed by atoms with van der Waals surface area (Å²) in [5.74, 6) is -0.237. The van der Waals surface area contributed by atoms with E-state index >= 15 is 0 Å². The van der Waals surface area contributed by atoms with E-state index in [0.29, 0.717) is 17.3 Å². The topological polar surface area (TPSA) is 96.3 Å². The van der Waals surface area contributed by atoms with E-state index in [1.807, 2.05) is 65.4 Å². The molecule has 2 N–H and O–H groups in total. The van der Waals surface area contributed by atoms with Crippen LogP contribution in [-0.2, 0) is 6.54 Å². The van der Waals surface area contributed by atoms with Crippen LogP contribution in [0.3, 0.4) is 0 Å². The van der Waals surface area contributed by atoms with Gasteiger partial charge in [-0.25, -0.2) is 9.07 Å². The number of aromatic nitrogens is 3. The van der Waals surface area contributed by atoms with Crippen molar-refractivity contribution < 1.29 is 4.39 Å². The average Bonchev–Trinajstić information content (AvgIpc) is 3.41. The number of nitrogens with two attached hydrogens (primary N) is 1. The third-order valence-electron chi connectivity index (χ3n) is 5.88. The third kappa shape index (κ3) is 4.09. The van der Waals surface area contributed by atoms with Gasteiger partial charge in [0.05, 0.1) is 11.3 Å². The first-order chi connectivity index (χ1) is 17.5. The Balaban J connectivity index is 1.63. The number of nitrogen functional groups attached to an aromatic ring is 1. The van der Waals surface area contributed by atoms with Gasteiger partial charge in [0.1, 0.15) is 35.0 Å². The summed E-state index contributed by atoms with van der Waals surface area (Å²) in [6, 6.07) is 25.5. The Morgan fingerprint density at radius 2 is 1.81 bits per heavy atom. The summed E-state index contributed by atoms with van der Waals surface area (Å²) >= 11 is 6.26. The first-order valence-corrected chi connectivity index (χ1v) is 11.4. The molecule has 2 heterocycles. The predicted molar refractivity (Wildman–Crippen MR) is 139 cm³/mol. The van der Waals surface area contributed by atoms with Crippen molar-refractivity contribution in [2.45, 2.75) is 6.54 Å². The van der Waals surface area contributed by atoms with Gasteiger partial charge in [-0.3, -0.25) is 0 Å². The van der Waals surface area contributed by atoms with Crippen LogP contribution < -0.4 is 5.73 Å². The number of nitriles is 2. The largest absolute Gasteiger partial charge is 0.382 e. The van der Waals surface area contributed by atoms with Crippen molar-refractivity contribution in [2.75, 3.05) is 5.73 Å². The summed E-state index contributed by atoms with van der Waals surface area (Å²) in [5.41, 5.74) is 9.90. The summed E-state index contributed by atoms with van der Waals surface area (Å²) in [6.45, 7) is 0.411. The highest BCUT2D eigenvalue weighted by Crippen LogP contribution is 2.30. The van der Waals surface area contributed by atoms with E-state index < -0.39 is 5.82 Å². The second kappa shape index (κ2) is 9.42. The van der Waals surface area contributed by atoms with Gasteiger partial charge < -0.3 is 10.3 Å². The van der Waals surface area contributed by atoms with Crippen LogP contribution in [0.25, 0.3) is 28.2 Å². The molecule has 174 valence electrons. The lowest BCUT2D eigenvalue weighted by Crippen LogP contribution is -2.02. The molecule has 0 aliphatic rings. The molecule has 36 heavy (non-hydrogen) atoms. The number of fused-ring (bicyclic) bond motifs is 1. The van der Waals surface area contributed by atoms with E-state index in [2.05, 4.69) is 17.2 Å². The Hall–Kier alpha value is -4.85. The van der Waals surface area contributed by atoms with E-state index in [1.54, 1.807) is 12.1 Å². The summed E-state index contributed by atoms with van der Waals surface area (Å²) < 4.78 is 17.0. The molecular formula is C28H18ClFN6. The number of para-hydroxylation sites is 2. The summed E-state index contributed by atoms with van der Waals surface area (Å²) in [7, 11) is 0. The Bertz CT molecular complexity index is 1720. The smallest absolute Gasteiger partial charge is 0.145 e. The maximum absolute atomic E-state index is 13.5. The van der Waals surface area contributed by atoms with E-state index in [4.69, 9.17) is 17.3 Å². The van der Waals surface area contributed by atoms with Gasteiger partial charge in [-0.1, -0.05) is 54.1 Å². The fourth-order valence-electron chi connectivity index (χ4n) is 4.16. The number of benzene rings is 3. The van der Waals surface area contributed by atoms with Crippen molar-refractivity contribution in [2.24, 2.45) is 0 Å². The highest BCUT2D eigenvalue weighted by atomic mass is 35.5. The number of rotatable bonds is 5. The minimum Gasteiger partial charge on any atom is -0.382 e. The van der Waals surface area contributed by atoms with Crippen LogP contribution in [0.4, 0.5) is 10.2 Å². The van der Waals surface area contributed by atoms with Gasteiger partial charge in [-0.05, 0) is 42.0 Å². The molecule has 6 nitrogen and oxygen atoms in total. The SMILES string of the molecule is N#C/C(=C\c1cn(Cc2ccc(F)cc2Cl)c2ccccc12)c1nn(-c2ccccc2)c(N)c1C#N. The fourth-order valence-corrected chi connectivity index (χ4v) is 4.39. The summed E-state index contributed by atoms with van der Waals surface area (Å²) in [5, 5.41) is 25.6. The lowest BCUT2D eigenvalue weighted by molar-refractivity contribution is 0.626. The van der Waals surface area contributed by atoms with Crippen LogP contribution in [0.2, 0.25) is 5.02 Å². The van der Waals surface area contributed by atoms with Crippen LogP contribution in [0, 0.1) is 28.5 Å². The third-order valence-corrected chi connectivity index (χ3v) is 6.24. The van der Waals surface area contributed by atoms with Gasteiger partial charge in [0.25, 0.3) is 0 Å². The molecule has 3 aromatic carbocycles. The lowest BCUT2D eigenvalue weighted by atomic mass is 10.1. The molecule has 0 saturated heterocycles. The average molecular weight is 493 g/mol. The molecule has 0 saturated carbocycles. The molecule has 0 amide bonds. The minimum atomic E-state index is -0.397. The van der Waals surface area contributed by atoms with E-state index in [1.165, 1.54) is 16.8 Å². The molecule has 0 aliphatic heterocycles. The monoisotopic (exact) mass is 492 g/mol. The maximum Gasteiger partial charge on any atom is 0.145 e. The lowest BCUT2D eigenvalue weighted by Gasteiger charge is -2.07. The molecule has 5 aromatic rings. The van der Waals surface area contributed by atoms with Crippen LogP contribution in [0.15, 0.2) is 79.0 Å². The minimum absolute atomic E-state index is 0.133. The Morgan fingerprint density at radius 3 is 2.53 bits per heavy atom. The molecule has 2 aromatic heterocycles. The number of nitrogens with zero attached hydrogens (tertiary/aromatic N) is 5. The van der Waals surface area contributed by atoms with Crippen LogP contribution in [0.5, 0.6) is 0 Å². The van der Waals surface area contributed by atoms with Crippen molar-refractivity contribution in [1.29, 1.82) is 10.5 Å². The predicted octanol–water partition coefficient (Wildman–Crippen LogP) is 6.19. The number of halogens is 2. The molecule has 0 atom stereocenters. The first-order valence-electron chi connectivity index (χ1n) is 11.0. The molecule has 0 aliphatic carbocycles. The van der Waals surface area contributed by atoms with Gasteiger partial charge >= 0.3 is 0 Å². The van der Waals surface area contributed by atoms with E-state index in [0.717, 1.165) is 22.0 Å². The number of allylic oxidation sites excluding steroid dienone is 1. The Labute approximate surface area is 211 Å². The molecule has 5 rings (SSSR count). The molecule has 0 unspecified atom stereocenters. The maximum atomic E-state index is 13.5. The van der Waals surface area contributed by atoms with Crippen LogP contribution in [-0.4, -0.2) is 14.3 Å². The number of hydrogen-bond donors (Lipinski definition) is 1.